The van der Waals surface area contributed by atoms with E-state index in [0.29, 0.717) is 11.3 Å². The average Bonchev–Trinajstić information content (AvgIpc) is 2.39. The van der Waals surface area contributed by atoms with Crippen molar-refractivity contribution in [2.24, 2.45) is 0 Å². The number of rotatable bonds is 3. The van der Waals surface area contributed by atoms with Crippen LogP contribution in [0.15, 0.2) is 35.8 Å². The van der Waals surface area contributed by atoms with E-state index in [9.17, 15) is 9.59 Å². The molecule has 0 fully saturated rings. The molecule has 0 bridgehead atoms. The number of aromatic nitrogens is 1. The molecule has 2 heterocycles. The lowest BCUT2D eigenvalue weighted by Gasteiger charge is -2.27. The lowest BCUT2D eigenvalue weighted by atomic mass is 9.97. The Morgan fingerprint density at radius 3 is 2.95 bits per heavy atom. The minimum absolute atomic E-state index is 0.281. The molecule has 0 saturated heterocycles. The molecule has 100 valence electrons. The van der Waals surface area contributed by atoms with E-state index in [1.54, 1.807) is 38.4 Å². The fourth-order valence-corrected chi connectivity index (χ4v) is 1.97. The van der Waals surface area contributed by atoms with E-state index < -0.39 is 12.0 Å². The monoisotopic (exact) mass is 261 g/mol. The van der Waals surface area contributed by atoms with E-state index in [4.69, 9.17) is 4.74 Å². The zero-order valence-corrected chi connectivity index (χ0v) is 10.8. The number of hydrogen-bond acceptors (Lipinski definition) is 4. The highest BCUT2D eigenvalue weighted by molar-refractivity contribution is 5.94. The Labute approximate surface area is 110 Å². The quantitative estimate of drug-likeness (QED) is 0.803. The van der Waals surface area contributed by atoms with Crippen LogP contribution in [0.3, 0.4) is 0 Å². The molecule has 6 nitrogen and oxygen atoms in total. The van der Waals surface area contributed by atoms with Gasteiger partial charge in [-0.2, -0.15) is 0 Å². The molecule has 1 aromatic rings. The smallest absolute Gasteiger partial charge is 0.338 e. The average molecular weight is 261 g/mol. The van der Waals surface area contributed by atoms with Crippen LogP contribution >= 0.6 is 0 Å². The predicted molar refractivity (Wildman–Crippen MR) is 68.0 cm³/mol. The summed E-state index contributed by atoms with van der Waals surface area (Å²) in [5.41, 5.74) is 1.63. The topological polar surface area (TPSA) is 80.3 Å². The number of allylic oxidation sites excluding steroid dienone is 1. The number of hydrogen-bond donors (Lipinski definition) is 2. The zero-order chi connectivity index (χ0) is 13.8. The molecule has 0 unspecified atom stereocenters. The third-order valence-corrected chi connectivity index (χ3v) is 2.78. The van der Waals surface area contributed by atoms with Gasteiger partial charge in [0.15, 0.2) is 0 Å². The van der Waals surface area contributed by atoms with Crippen molar-refractivity contribution in [3.8, 4) is 0 Å². The lowest BCUT2D eigenvalue weighted by molar-refractivity contribution is -0.139. The number of esters is 1. The second-order valence-electron chi connectivity index (χ2n) is 4.08. The molecule has 1 aliphatic heterocycles. The van der Waals surface area contributed by atoms with Crippen LogP contribution in [0, 0.1) is 0 Å². The molecule has 2 N–H and O–H groups in total. The number of carbonyl (C=O) groups is 2. The van der Waals surface area contributed by atoms with Crippen LogP contribution < -0.4 is 10.6 Å². The summed E-state index contributed by atoms with van der Waals surface area (Å²) in [4.78, 5) is 27.6. The van der Waals surface area contributed by atoms with Gasteiger partial charge in [-0.1, -0.05) is 6.07 Å². The first-order valence-corrected chi connectivity index (χ1v) is 5.98. The summed E-state index contributed by atoms with van der Waals surface area (Å²) in [6, 6.07) is 2.66. The van der Waals surface area contributed by atoms with Gasteiger partial charge >= 0.3 is 12.0 Å². The molecular weight excluding hydrogens is 246 g/mol. The van der Waals surface area contributed by atoms with Crippen LogP contribution in [0.4, 0.5) is 4.79 Å². The Morgan fingerprint density at radius 2 is 2.32 bits per heavy atom. The van der Waals surface area contributed by atoms with Gasteiger partial charge < -0.3 is 15.4 Å². The van der Waals surface area contributed by atoms with Gasteiger partial charge in [-0.25, -0.2) is 9.59 Å². The molecule has 2 rings (SSSR count). The van der Waals surface area contributed by atoms with E-state index in [0.717, 1.165) is 5.56 Å². The van der Waals surface area contributed by atoms with E-state index in [2.05, 4.69) is 15.6 Å². The van der Waals surface area contributed by atoms with Gasteiger partial charge in [0.2, 0.25) is 0 Å². The van der Waals surface area contributed by atoms with Crippen LogP contribution in [0.2, 0.25) is 0 Å². The van der Waals surface area contributed by atoms with Crippen molar-refractivity contribution in [2.45, 2.75) is 19.9 Å². The maximum atomic E-state index is 12.0. The largest absolute Gasteiger partial charge is 0.463 e. The highest BCUT2D eigenvalue weighted by Gasteiger charge is 2.31. The first-order valence-electron chi connectivity index (χ1n) is 5.98. The van der Waals surface area contributed by atoms with Crippen molar-refractivity contribution < 1.29 is 14.3 Å². The number of carbonyl (C=O) groups excluding carboxylic acids is 2. The van der Waals surface area contributed by atoms with Crippen molar-refractivity contribution >= 4 is 12.0 Å². The Kier molecular flexibility index (Phi) is 3.79. The van der Waals surface area contributed by atoms with Crippen LogP contribution in [0.1, 0.15) is 25.5 Å². The third kappa shape index (κ3) is 2.73. The van der Waals surface area contributed by atoms with Gasteiger partial charge in [-0.05, 0) is 25.5 Å². The molecule has 0 spiro atoms. The normalized spacial score (nSPS) is 18.6. The standard InChI is InChI=1S/C13H15N3O3/c1-3-19-12(17)10-8(2)15-13(18)16-11(10)9-5-4-6-14-7-9/h4-7,11H,3H2,1-2H3,(H2,15,16,18)/t11-/m1/s1. The molecule has 0 aromatic carbocycles. The molecule has 0 saturated carbocycles. The van der Waals surface area contributed by atoms with E-state index in [1.807, 2.05) is 0 Å². The molecule has 1 aromatic heterocycles. The second-order valence-corrected chi connectivity index (χ2v) is 4.08. The molecule has 2 amide bonds. The summed E-state index contributed by atoms with van der Waals surface area (Å²) in [7, 11) is 0. The van der Waals surface area contributed by atoms with Crippen LogP contribution in [0.25, 0.3) is 0 Å². The Hall–Kier alpha value is -2.37. The second kappa shape index (κ2) is 5.51. The van der Waals surface area contributed by atoms with Gasteiger partial charge in [0.25, 0.3) is 0 Å². The summed E-state index contributed by atoms with van der Waals surface area (Å²) < 4.78 is 5.03. The lowest BCUT2D eigenvalue weighted by Crippen LogP contribution is -2.45. The van der Waals surface area contributed by atoms with Crippen LogP contribution in [-0.4, -0.2) is 23.6 Å². The van der Waals surface area contributed by atoms with Gasteiger partial charge in [-0.3, -0.25) is 4.98 Å². The number of nitrogens with zero attached hydrogens (tertiary/aromatic N) is 1. The number of amides is 2. The van der Waals surface area contributed by atoms with Crippen molar-refractivity contribution in [2.75, 3.05) is 6.61 Å². The maximum Gasteiger partial charge on any atom is 0.338 e. The van der Waals surface area contributed by atoms with E-state index in [1.165, 1.54) is 0 Å². The summed E-state index contributed by atoms with van der Waals surface area (Å²) in [5.74, 6) is -0.443. The summed E-state index contributed by atoms with van der Waals surface area (Å²) >= 11 is 0. The number of ether oxygens (including phenoxy) is 1. The highest BCUT2D eigenvalue weighted by atomic mass is 16.5. The van der Waals surface area contributed by atoms with Gasteiger partial charge in [0.05, 0.1) is 18.2 Å². The molecule has 6 heteroatoms. The van der Waals surface area contributed by atoms with Gasteiger partial charge in [-0.15, -0.1) is 0 Å². The summed E-state index contributed by atoms with van der Waals surface area (Å²) in [6.45, 7) is 3.69. The highest BCUT2D eigenvalue weighted by Crippen LogP contribution is 2.26. The Morgan fingerprint density at radius 1 is 1.53 bits per heavy atom. The molecule has 0 radical (unpaired) electrons. The van der Waals surface area contributed by atoms with Crippen molar-refractivity contribution in [3.05, 3.63) is 41.4 Å². The number of urea groups is 1. The molecular formula is C13H15N3O3. The first-order chi connectivity index (χ1) is 9.13. The summed E-state index contributed by atoms with van der Waals surface area (Å²) in [6.07, 6.45) is 3.25. The first kappa shape index (κ1) is 13.1. The van der Waals surface area contributed by atoms with Gasteiger partial charge in [0, 0.05) is 18.1 Å². The molecule has 19 heavy (non-hydrogen) atoms. The van der Waals surface area contributed by atoms with E-state index >= 15 is 0 Å². The predicted octanol–water partition coefficient (Wildman–Crippen LogP) is 1.27. The Bertz CT molecular complexity index is 525. The van der Waals surface area contributed by atoms with Crippen molar-refractivity contribution in [1.29, 1.82) is 0 Å². The van der Waals surface area contributed by atoms with Gasteiger partial charge in [0.1, 0.15) is 0 Å². The third-order valence-electron chi connectivity index (χ3n) is 2.78. The van der Waals surface area contributed by atoms with E-state index in [-0.39, 0.29) is 12.6 Å². The zero-order valence-electron chi connectivity index (χ0n) is 10.8. The number of nitrogens with one attached hydrogen (secondary N) is 2. The molecule has 1 atom stereocenters. The molecule has 1 aliphatic rings. The maximum absolute atomic E-state index is 12.0. The number of pyridine rings is 1. The summed E-state index contributed by atoms with van der Waals surface area (Å²) in [5, 5.41) is 5.28. The fraction of sp³-hybridized carbons (Fsp3) is 0.308. The SMILES string of the molecule is CCOC(=O)C1=C(C)NC(=O)N[C@@H]1c1cccnc1. The Balaban J connectivity index is 2.41. The molecule has 0 aliphatic carbocycles. The minimum Gasteiger partial charge on any atom is -0.463 e. The minimum atomic E-state index is -0.540. The van der Waals surface area contributed by atoms with Crippen molar-refractivity contribution in [1.82, 2.24) is 15.6 Å². The fourth-order valence-electron chi connectivity index (χ4n) is 1.97. The van der Waals surface area contributed by atoms with Crippen LogP contribution in [0.5, 0.6) is 0 Å². The van der Waals surface area contributed by atoms with Crippen LogP contribution in [-0.2, 0) is 9.53 Å². The van der Waals surface area contributed by atoms with Crippen molar-refractivity contribution in [3.63, 3.8) is 0 Å².